The maximum absolute atomic E-state index is 10.5. The van der Waals surface area contributed by atoms with Crippen molar-refractivity contribution in [3.8, 4) is 5.75 Å². The highest BCUT2D eigenvalue weighted by molar-refractivity contribution is 5.83. The van der Waals surface area contributed by atoms with Crippen molar-refractivity contribution in [1.82, 2.24) is 15.0 Å². The first-order valence-corrected chi connectivity index (χ1v) is 6.21. The molecule has 0 fully saturated rings. The fourth-order valence-electron chi connectivity index (χ4n) is 2.07. The molecule has 0 atom stereocenters. The van der Waals surface area contributed by atoms with Gasteiger partial charge in [-0.1, -0.05) is 32.1 Å². The molecule has 4 nitrogen and oxygen atoms in total. The highest BCUT2D eigenvalue weighted by atomic mass is 16.3. The maximum Gasteiger partial charge on any atom is 0.146 e. The number of hydrogen-bond acceptors (Lipinski definition) is 3. The van der Waals surface area contributed by atoms with Gasteiger partial charge in [0.25, 0.3) is 0 Å². The van der Waals surface area contributed by atoms with E-state index in [1.165, 1.54) is 0 Å². The molecule has 0 aliphatic carbocycles. The summed E-state index contributed by atoms with van der Waals surface area (Å²) in [6.45, 7) is 12.4. The van der Waals surface area contributed by atoms with Gasteiger partial charge in [-0.25, -0.2) is 4.68 Å². The van der Waals surface area contributed by atoms with E-state index in [4.69, 9.17) is 0 Å². The summed E-state index contributed by atoms with van der Waals surface area (Å²) in [5.74, 6) is 0.292. The Bertz CT molecular complexity index is 585. The van der Waals surface area contributed by atoms with Crippen LogP contribution in [0.4, 0.5) is 0 Å². The number of fused-ring (bicyclic) bond motifs is 1. The van der Waals surface area contributed by atoms with Crippen molar-refractivity contribution >= 4 is 11.0 Å². The first kappa shape index (κ1) is 12.9. The topological polar surface area (TPSA) is 50.9 Å². The Balaban J connectivity index is 2.81. The van der Waals surface area contributed by atoms with Gasteiger partial charge in [0.15, 0.2) is 0 Å². The molecule has 18 heavy (non-hydrogen) atoms. The predicted octanol–water partition coefficient (Wildman–Crippen LogP) is 3.19. The molecule has 2 rings (SSSR count). The van der Waals surface area contributed by atoms with E-state index in [2.05, 4.69) is 31.1 Å². The van der Waals surface area contributed by atoms with Gasteiger partial charge in [-0.05, 0) is 32.3 Å². The molecule has 0 unspecified atom stereocenters. The highest BCUT2D eigenvalue weighted by Gasteiger charge is 2.25. The smallest absolute Gasteiger partial charge is 0.146 e. The fraction of sp³-hybridized carbons (Fsp3) is 0.571. The summed E-state index contributed by atoms with van der Waals surface area (Å²) >= 11 is 0. The van der Waals surface area contributed by atoms with Crippen LogP contribution in [-0.4, -0.2) is 20.1 Å². The number of nitrogens with zero attached hydrogens (tertiary/aromatic N) is 3. The van der Waals surface area contributed by atoms with Gasteiger partial charge in [0, 0.05) is 5.56 Å². The zero-order chi connectivity index (χ0) is 13.7. The second-order valence-corrected chi connectivity index (χ2v) is 6.75. The minimum atomic E-state index is -0.206. The molecule has 4 heteroatoms. The van der Waals surface area contributed by atoms with Crippen LogP contribution in [0.3, 0.4) is 0 Å². The monoisotopic (exact) mass is 247 g/mol. The SMILES string of the molecule is CC(C)(C)c1ccc2nnn(C(C)(C)C)c2c1O. The van der Waals surface area contributed by atoms with E-state index in [0.29, 0.717) is 5.75 Å². The van der Waals surface area contributed by atoms with Gasteiger partial charge in [-0.2, -0.15) is 0 Å². The Labute approximate surface area is 108 Å². The van der Waals surface area contributed by atoms with Crippen LogP contribution in [0, 0.1) is 0 Å². The molecule has 0 aliphatic heterocycles. The Hall–Kier alpha value is -1.58. The van der Waals surface area contributed by atoms with Crippen LogP contribution in [0.15, 0.2) is 12.1 Å². The number of aromatic hydroxyl groups is 1. The third kappa shape index (κ3) is 1.96. The molecule has 1 heterocycles. The van der Waals surface area contributed by atoms with Crippen molar-refractivity contribution in [2.45, 2.75) is 52.5 Å². The zero-order valence-electron chi connectivity index (χ0n) is 11.9. The van der Waals surface area contributed by atoms with Crippen molar-refractivity contribution in [3.05, 3.63) is 17.7 Å². The van der Waals surface area contributed by atoms with E-state index in [1.807, 2.05) is 32.9 Å². The third-order valence-corrected chi connectivity index (χ3v) is 3.03. The van der Waals surface area contributed by atoms with Crippen molar-refractivity contribution in [3.63, 3.8) is 0 Å². The van der Waals surface area contributed by atoms with Gasteiger partial charge in [0.05, 0.1) is 5.54 Å². The van der Waals surface area contributed by atoms with Gasteiger partial charge in [0.1, 0.15) is 16.8 Å². The molecule has 1 aromatic carbocycles. The number of rotatable bonds is 0. The second-order valence-electron chi connectivity index (χ2n) is 6.75. The van der Waals surface area contributed by atoms with Gasteiger partial charge in [-0.3, -0.25) is 0 Å². The van der Waals surface area contributed by atoms with Crippen molar-refractivity contribution < 1.29 is 5.11 Å². The molecule has 0 radical (unpaired) electrons. The molecule has 0 saturated carbocycles. The lowest BCUT2D eigenvalue weighted by atomic mass is 9.86. The lowest BCUT2D eigenvalue weighted by Crippen LogP contribution is -2.23. The maximum atomic E-state index is 10.5. The molecule has 1 aromatic heterocycles. The Morgan fingerprint density at radius 3 is 2.17 bits per heavy atom. The molecule has 2 aromatic rings. The highest BCUT2D eigenvalue weighted by Crippen LogP contribution is 2.37. The minimum Gasteiger partial charge on any atom is -0.505 e. The van der Waals surface area contributed by atoms with Gasteiger partial charge >= 0.3 is 0 Å². The zero-order valence-corrected chi connectivity index (χ0v) is 11.9. The molecule has 0 saturated heterocycles. The average Bonchev–Trinajstić information content (AvgIpc) is 2.59. The van der Waals surface area contributed by atoms with Crippen LogP contribution in [0.2, 0.25) is 0 Å². The summed E-state index contributed by atoms with van der Waals surface area (Å²) in [7, 11) is 0. The van der Waals surface area contributed by atoms with E-state index >= 15 is 0 Å². The Kier molecular flexibility index (Phi) is 2.65. The van der Waals surface area contributed by atoms with Gasteiger partial charge in [0.2, 0.25) is 0 Å². The van der Waals surface area contributed by atoms with Crippen LogP contribution in [0.5, 0.6) is 5.75 Å². The van der Waals surface area contributed by atoms with Crippen LogP contribution < -0.4 is 0 Å². The number of phenolic OH excluding ortho intramolecular Hbond substituents is 1. The lowest BCUT2D eigenvalue weighted by molar-refractivity contribution is 0.352. The number of aromatic nitrogens is 3. The van der Waals surface area contributed by atoms with Crippen molar-refractivity contribution in [1.29, 1.82) is 0 Å². The summed E-state index contributed by atoms with van der Waals surface area (Å²) in [5, 5.41) is 18.8. The van der Waals surface area contributed by atoms with Crippen molar-refractivity contribution in [2.75, 3.05) is 0 Å². The quantitative estimate of drug-likeness (QED) is 0.777. The van der Waals surface area contributed by atoms with Crippen LogP contribution in [0.1, 0.15) is 47.1 Å². The average molecular weight is 247 g/mol. The molecule has 0 amide bonds. The Morgan fingerprint density at radius 2 is 1.67 bits per heavy atom. The lowest BCUT2D eigenvalue weighted by Gasteiger charge is -2.23. The number of benzene rings is 1. The molecule has 98 valence electrons. The number of hydrogen-bond donors (Lipinski definition) is 1. The molecule has 0 aliphatic rings. The third-order valence-electron chi connectivity index (χ3n) is 3.03. The number of phenols is 1. The molecule has 0 spiro atoms. The largest absolute Gasteiger partial charge is 0.505 e. The van der Waals surface area contributed by atoms with Crippen LogP contribution in [0.25, 0.3) is 11.0 Å². The van der Waals surface area contributed by atoms with Gasteiger partial charge < -0.3 is 5.11 Å². The van der Waals surface area contributed by atoms with Crippen LogP contribution in [-0.2, 0) is 11.0 Å². The van der Waals surface area contributed by atoms with E-state index in [-0.39, 0.29) is 11.0 Å². The van der Waals surface area contributed by atoms with E-state index in [1.54, 1.807) is 4.68 Å². The summed E-state index contributed by atoms with van der Waals surface area (Å²) in [5.41, 5.74) is 2.06. The van der Waals surface area contributed by atoms with E-state index < -0.39 is 0 Å². The second kappa shape index (κ2) is 3.70. The standard InChI is InChI=1S/C14H21N3O/c1-13(2,3)9-7-8-10-11(12(9)18)17(16-15-10)14(4,5)6/h7-8,18H,1-6H3. The predicted molar refractivity (Wildman–Crippen MR) is 72.9 cm³/mol. The van der Waals surface area contributed by atoms with E-state index in [9.17, 15) is 5.11 Å². The Morgan fingerprint density at radius 1 is 1.06 bits per heavy atom. The minimum absolute atomic E-state index is 0.106. The first-order valence-electron chi connectivity index (χ1n) is 6.21. The van der Waals surface area contributed by atoms with E-state index in [0.717, 1.165) is 16.6 Å². The van der Waals surface area contributed by atoms with Gasteiger partial charge in [-0.15, -0.1) is 5.10 Å². The summed E-state index contributed by atoms with van der Waals surface area (Å²) in [6.07, 6.45) is 0. The molecular formula is C14H21N3O. The summed E-state index contributed by atoms with van der Waals surface area (Å²) < 4.78 is 1.78. The normalized spacial score (nSPS) is 13.2. The first-order chi connectivity index (χ1) is 8.12. The summed E-state index contributed by atoms with van der Waals surface area (Å²) in [6, 6.07) is 3.85. The molecule has 1 N–H and O–H groups in total. The van der Waals surface area contributed by atoms with Crippen molar-refractivity contribution in [2.24, 2.45) is 0 Å². The molecule has 0 bridgehead atoms. The fourth-order valence-corrected chi connectivity index (χ4v) is 2.07. The van der Waals surface area contributed by atoms with Crippen LogP contribution >= 0.6 is 0 Å². The summed E-state index contributed by atoms with van der Waals surface area (Å²) in [4.78, 5) is 0. The molecular weight excluding hydrogens is 226 g/mol.